The van der Waals surface area contributed by atoms with Crippen molar-refractivity contribution in [3.05, 3.63) is 11.6 Å². The Morgan fingerprint density at radius 2 is 1.88 bits per heavy atom. The quantitative estimate of drug-likeness (QED) is 0.741. The molecule has 5 heteroatoms. The first kappa shape index (κ1) is 11.5. The lowest BCUT2D eigenvalue weighted by atomic mass is 9.96. The summed E-state index contributed by atoms with van der Waals surface area (Å²) in [7, 11) is 0. The van der Waals surface area contributed by atoms with Gasteiger partial charge < -0.3 is 0 Å². The van der Waals surface area contributed by atoms with E-state index in [0.717, 1.165) is 6.92 Å². The first-order valence-electron chi connectivity index (χ1n) is 5.53. The monoisotopic (exact) mass is 229 g/mol. The summed E-state index contributed by atoms with van der Waals surface area (Å²) < 4.78 is 28.1. The number of aromatic nitrogens is 3. The van der Waals surface area contributed by atoms with E-state index < -0.39 is 12.0 Å². The molecule has 0 aromatic carbocycles. The van der Waals surface area contributed by atoms with Crippen molar-refractivity contribution in [2.24, 2.45) is 0 Å². The summed E-state index contributed by atoms with van der Waals surface area (Å²) in [5.41, 5.74) is -0.190. The number of aryl methyl sites for hydroxylation is 1. The fraction of sp³-hybridized carbons (Fsp3) is 0.818. The van der Waals surface area contributed by atoms with Crippen LogP contribution in [0.25, 0.3) is 0 Å². The van der Waals surface area contributed by atoms with Gasteiger partial charge in [0.15, 0.2) is 5.82 Å². The van der Waals surface area contributed by atoms with E-state index in [-0.39, 0.29) is 5.41 Å². The van der Waals surface area contributed by atoms with Crippen LogP contribution in [0.4, 0.5) is 8.78 Å². The molecule has 0 N–H and O–H groups in total. The number of hydrogen-bond donors (Lipinski definition) is 0. The number of rotatable bonds is 1. The third kappa shape index (κ3) is 1.83. The Balaban J connectivity index is 2.38. The van der Waals surface area contributed by atoms with Crippen LogP contribution in [0.1, 0.15) is 51.8 Å². The molecule has 3 nitrogen and oxygen atoms in total. The molecule has 0 amide bonds. The van der Waals surface area contributed by atoms with E-state index >= 15 is 0 Å². The number of nitrogens with zero attached hydrogens (tertiary/aromatic N) is 3. The molecule has 1 atom stereocenters. The van der Waals surface area contributed by atoms with Crippen LogP contribution in [-0.4, -0.2) is 20.7 Å². The maximum atomic E-state index is 13.3. The molecule has 0 radical (unpaired) electrons. The normalized spacial score (nSPS) is 21.2. The maximum Gasteiger partial charge on any atom is 0.267 e. The van der Waals surface area contributed by atoms with Gasteiger partial charge in [0.2, 0.25) is 0 Å². The molecule has 0 saturated heterocycles. The van der Waals surface area contributed by atoms with Gasteiger partial charge in [-0.1, -0.05) is 20.8 Å². The van der Waals surface area contributed by atoms with E-state index in [1.165, 1.54) is 4.68 Å². The van der Waals surface area contributed by atoms with E-state index in [1.54, 1.807) is 0 Å². The molecule has 90 valence electrons. The average molecular weight is 229 g/mol. The number of alkyl halides is 2. The lowest BCUT2D eigenvalue weighted by Crippen LogP contribution is -2.26. The molecule has 16 heavy (non-hydrogen) atoms. The summed E-state index contributed by atoms with van der Waals surface area (Å²) in [4.78, 5) is 4.34. The Kier molecular flexibility index (Phi) is 2.33. The third-order valence-electron chi connectivity index (χ3n) is 2.89. The van der Waals surface area contributed by atoms with E-state index in [2.05, 4.69) is 10.1 Å². The SMILES string of the molecule is CC(C)(C)c1nc2n(n1)C(C(C)(F)F)CC2. The van der Waals surface area contributed by atoms with Gasteiger partial charge in [0, 0.05) is 18.8 Å². The Morgan fingerprint density at radius 1 is 1.25 bits per heavy atom. The van der Waals surface area contributed by atoms with Crippen molar-refractivity contribution in [1.82, 2.24) is 14.8 Å². The van der Waals surface area contributed by atoms with E-state index in [1.807, 2.05) is 20.8 Å². The molecule has 1 aliphatic heterocycles. The van der Waals surface area contributed by atoms with Gasteiger partial charge in [-0.15, -0.1) is 0 Å². The average Bonchev–Trinajstić information content (AvgIpc) is 2.53. The van der Waals surface area contributed by atoms with Crippen LogP contribution < -0.4 is 0 Å². The zero-order chi connectivity index (χ0) is 12.1. The van der Waals surface area contributed by atoms with Gasteiger partial charge in [-0.2, -0.15) is 5.10 Å². The molecule has 1 aliphatic rings. The van der Waals surface area contributed by atoms with Gasteiger partial charge >= 0.3 is 0 Å². The van der Waals surface area contributed by atoms with Crippen molar-refractivity contribution in [2.75, 3.05) is 0 Å². The smallest absolute Gasteiger partial charge is 0.241 e. The van der Waals surface area contributed by atoms with Crippen LogP contribution >= 0.6 is 0 Å². The van der Waals surface area contributed by atoms with Crippen molar-refractivity contribution < 1.29 is 8.78 Å². The van der Waals surface area contributed by atoms with Crippen LogP contribution in [0, 0.1) is 0 Å². The molecule has 2 heterocycles. The largest absolute Gasteiger partial charge is 0.267 e. The molecule has 0 bridgehead atoms. The zero-order valence-electron chi connectivity index (χ0n) is 10.1. The number of fused-ring (bicyclic) bond motifs is 1. The minimum atomic E-state index is -2.73. The topological polar surface area (TPSA) is 30.7 Å². The third-order valence-corrected chi connectivity index (χ3v) is 2.89. The highest BCUT2D eigenvalue weighted by atomic mass is 19.3. The van der Waals surface area contributed by atoms with Crippen molar-refractivity contribution >= 4 is 0 Å². The second kappa shape index (κ2) is 3.25. The zero-order valence-corrected chi connectivity index (χ0v) is 10.1. The van der Waals surface area contributed by atoms with Gasteiger partial charge in [-0.25, -0.2) is 18.4 Å². The highest BCUT2D eigenvalue weighted by molar-refractivity contribution is 5.08. The molecule has 1 unspecified atom stereocenters. The predicted molar refractivity (Wildman–Crippen MR) is 56.7 cm³/mol. The fourth-order valence-corrected chi connectivity index (χ4v) is 1.95. The second-order valence-electron chi connectivity index (χ2n) is 5.56. The summed E-state index contributed by atoms with van der Waals surface area (Å²) >= 11 is 0. The molecule has 0 aliphatic carbocycles. The van der Waals surface area contributed by atoms with Crippen molar-refractivity contribution in [3.8, 4) is 0 Å². The minimum Gasteiger partial charge on any atom is -0.241 e. The van der Waals surface area contributed by atoms with Crippen LogP contribution in [0.3, 0.4) is 0 Å². The van der Waals surface area contributed by atoms with Gasteiger partial charge in [-0.05, 0) is 6.42 Å². The molecule has 1 aromatic heterocycles. The molecule has 2 rings (SSSR count). The molecule has 1 aromatic rings. The van der Waals surface area contributed by atoms with Crippen LogP contribution in [0.2, 0.25) is 0 Å². The lowest BCUT2D eigenvalue weighted by Gasteiger charge is -2.19. The summed E-state index contributed by atoms with van der Waals surface area (Å²) in [5, 5.41) is 4.24. The Bertz CT molecular complexity index is 398. The Hall–Kier alpha value is -1.00. The van der Waals surface area contributed by atoms with E-state index in [0.29, 0.717) is 24.5 Å². The van der Waals surface area contributed by atoms with Crippen molar-refractivity contribution in [1.29, 1.82) is 0 Å². The van der Waals surface area contributed by atoms with E-state index in [9.17, 15) is 8.78 Å². The van der Waals surface area contributed by atoms with Crippen molar-refractivity contribution in [3.63, 3.8) is 0 Å². The minimum absolute atomic E-state index is 0.190. The highest BCUT2D eigenvalue weighted by Crippen LogP contribution is 2.37. The summed E-state index contributed by atoms with van der Waals surface area (Å²) in [6.07, 6.45) is 1.03. The first-order valence-corrected chi connectivity index (χ1v) is 5.53. The summed E-state index contributed by atoms with van der Waals surface area (Å²) in [5.74, 6) is -1.39. The van der Waals surface area contributed by atoms with Crippen LogP contribution in [-0.2, 0) is 11.8 Å². The molecule has 0 spiro atoms. The molecular weight excluding hydrogens is 212 g/mol. The fourth-order valence-electron chi connectivity index (χ4n) is 1.95. The Morgan fingerprint density at radius 3 is 2.38 bits per heavy atom. The summed E-state index contributed by atoms with van der Waals surface area (Å²) in [6, 6.07) is -0.828. The predicted octanol–water partition coefficient (Wildman–Crippen LogP) is 2.72. The van der Waals surface area contributed by atoms with Gasteiger partial charge in [0.25, 0.3) is 5.92 Å². The standard InChI is InChI=1S/C11H17F2N3/c1-10(2,3)9-14-8-6-5-7(11(4,12)13)16(8)15-9/h7H,5-6H2,1-4H3. The molecular formula is C11H17F2N3. The van der Waals surface area contributed by atoms with Gasteiger partial charge in [0.05, 0.1) is 0 Å². The second-order valence-corrected chi connectivity index (χ2v) is 5.56. The lowest BCUT2D eigenvalue weighted by molar-refractivity contribution is -0.0340. The van der Waals surface area contributed by atoms with E-state index in [4.69, 9.17) is 0 Å². The Labute approximate surface area is 93.9 Å². The van der Waals surface area contributed by atoms with Gasteiger partial charge in [-0.3, -0.25) is 0 Å². The number of halogens is 2. The highest BCUT2D eigenvalue weighted by Gasteiger charge is 2.42. The molecule has 0 fully saturated rings. The molecule has 0 saturated carbocycles. The first-order chi connectivity index (χ1) is 7.19. The van der Waals surface area contributed by atoms with Crippen molar-refractivity contribution in [2.45, 2.75) is 57.9 Å². The number of hydrogen-bond acceptors (Lipinski definition) is 2. The van der Waals surface area contributed by atoms with Crippen LogP contribution in [0.5, 0.6) is 0 Å². The van der Waals surface area contributed by atoms with Gasteiger partial charge in [0.1, 0.15) is 11.9 Å². The summed E-state index contributed by atoms with van der Waals surface area (Å²) in [6.45, 7) is 6.90. The van der Waals surface area contributed by atoms with Crippen LogP contribution in [0.15, 0.2) is 0 Å². The maximum absolute atomic E-state index is 13.3.